The zero-order valence-electron chi connectivity index (χ0n) is 21.4. The van der Waals surface area contributed by atoms with Crippen molar-refractivity contribution in [3.8, 4) is 22.9 Å². The van der Waals surface area contributed by atoms with E-state index in [1.54, 1.807) is 15.5 Å². The molecule has 1 unspecified atom stereocenters. The number of rotatable bonds is 7. The first-order chi connectivity index (χ1) is 19.2. The van der Waals surface area contributed by atoms with E-state index in [1.165, 1.54) is 18.8 Å². The lowest BCUT2D eigenvalue weighted by Crippen LogP contribution is -2.42. The number of hydrogen-bond acceptors (Lipinski definition) is 8. The fourth-order valence-corrected chi connectivity index (χ4v) is 5.06. The monoisotopic (exact) mass is 531 g/mol. The predicted octanol–water partition coefficient (Wildman–Crippen LogP) is 3.09. The number of hydrogen-bond donors (Lipinski definition) is 0. The molecule has 1 amide bonds. The number of amides is 1. The minimum Gasteiger partial charge on any atom is -0.484 e. The lowest BCUT2D eigenvalue weighted by molar-refractivity contribution is -0.137. The Labute approximate surface area is 225 Å². The number of allylic oxidation sites excluding steroid dienone is 3. The van der Waals surface area contributed by atoms with Crippen LogP contribution in [-0.2, 0) is 32.0 Å². The predicted molar refractivity (Wildman–Crippen MR) is 141 cm³/mol. The molecule has 0 spiro atoms. The van der Waals surface area contributed by atoms with Gasteiger partial charge in [-0.1, -0.05) is 18.2 Å². The Morgan fingerprint density at radius 3 is 2.79 bits per heavy atom. The number of fused-ring (bicyclic) bond motifs is 3. The van der Waals surface area contributed by atoms with Crippen LogP contribution in [0.5, 0.6) is 11.6 Å². The van der Waals surface area contributed by atoms with Crippen LogP contribution in [0, 0.1) is 0 Å². The molecule has 0 N–H and O–H groups in total. The highest BCUT2D eigenvalue weighted by Crippen LogP contribution is 2.34. The highest BCUT2D eigenvalue weighted by Gasteiger charge is 2.27. The fourth-order valence-electron chi connectivity index (χ4n) is 5.06. The van der Waals surface area contributed by atoms with Crippen LogP contribution in [0.3, 0.4) is 0 Å². The molecular formula is C29H29N3O7. The van der Waals surface area contributed by atoms with E-state index in [4.69, 9.17) is 23.7 Å². The van der Waals surface area contributed by atoms with Crippen molar-refractivity contribution in [2.24, 2.45) is 0 Å². The summed E-state index contributed by atoms with van der Waals surface area (Å²) in [4.78, 5) is 31.5. The molecule has 2 aromatic rings. The number of aryl methyl sites for hydroxylation is 1. The quantitative estimate of drug-likeness (QED) is 0.537. The molecule has 4 aliphatic rings. The lowest BCUT2D eigenvalue weighted by atomic mass is 9.97. The summed E-state index contributed by atoms with van der Waals surface area (Å²) in [5, 5.41) is 0. The van der Waals surface area contributed by atoms with Crippen molar-refractivity contribution in [1.82, 2.24) is 14.5 Å². The standard InChI is InChI=1S/C29H29N3O7/c33-27(31-10-12-35-13-11-31)19-38-22-6-7-23-21(16-22)8-9-32-24(23)17-26(30-29(32)34)39-28(20-4-2-1-3-5-20)25-18-36-14-15-37-25/h1-2,4,6-7,14-18,28H,3,5,8-13,19H2. The van der Waals surface area contributed by atoms with E-state index in [0.717, 1.165) is 29.5 Å². The van der Waals surface area contributed by atoms with Crippen LogP contribution in [0.15, 0.2) is 77.4 Å². The van der Waals surface area contributed by atoms with E-state index in [2.05, 4.69) is 11.1 Å². The van der Waals surface area contributed by atoms with Crippen LogP contribution in [0.1, 0.15) is 18.4 Å². The summed E-state index contributed by atoms with van der Waals surface area (Å²) in [6.07, 6.45) is 12.2. The summed E-state index contributed by atoms with van der Waals surface area (Å²) in [5.41, 5.74) is 3.25. The van der Waals surface area contributed by atoms with Gasteiger partial charge in [-0.25, -0.2) is 4.79 Å². The van der Waals surface area contributed by atoms with Crippen LogP contribution < -0.4 is 15.2 Å². The number of nitrogens with zero attached hydrogens (tertiary/aromatic N) is 3. The van der Waals surface area contributed by atoms with Crippen molar-refractivity contribution in [3.05, 3.63) is 88.7 Å². The number of carbonyl (C=O) groups excluding carboxylic acids is 1. The van der Waals surface area contributed by atoms with Crippen LogP contribution >= 0.6 is 0 Å². The van der Waals surface area contributed by atoms with Crippen molar-refractivity contribution >= 4 is 5.91 Å². The minimum atomic E-state index is -0.585. The number of morpholine rings is 1. The number of aromatic nitrogens is 2. The van der Waals surface area contributed by atoms with Gasteiger partial charge >= 0.3 is 5.69 Å². The normalized spacial score (nSPS) is 18.5. The molecule has 10 nitrogen and oxygen atoms in total. The van der Waals surface area contributed by atoms with E-state index in [0.29, 0.717) is 56.5 Å². The van der Waals surface area contributed by atoms with Gasteiger partial charge in [0.15, 0.2) is 18.5 Å². The molecule has 6 rings (SSSR count). The van der Waals surface area contributed by atoms with Gasteiger partial charge in [-0.2, -0.15) is 4.98 Å². The Bertz CT molecular complexity index is 1430. The summed E-state index contributed by atoms with van der Waals surface area (Å²) in [5.74, 6) is 1.24. The molecule has 1 atom stereocenters. The summed E-state index contributed by atoms with van der Waals surface area (Å²) >= 11 is 0. The average Bonchev–Trinajstić information content (AvgIpc) is 2.99. The highest BCUT2D eigenvalue weighted by atomic mass is 16.6. The third-order valence-electron chi connectivity index (χ3n) is 7.07. The summed E-state index contributed by atoms with van der Waals surface area (Å²) in [6.45, 7) is 2.72. The van der Waals surface area contributed by atoms with Crippen molar-refractivity contribution in [2.75, 3.05) is 32.9 Å². The number of benzene rings is 1. The molecule has 202 valence electrons. The molecule has 4 heterocycles. The summed E-state index contributed by atoms with van der Waals surface area (Å²) < 4.78 is 30.0. The molecule has 1 aromatic heterocycles. The van der Waals surface area contributed by atoms with Crippen molar-refractivity contribution < 1.29 is 28.5 Å². The van der Waals surface area contributed by atoms with Gasteiger partial charge in [0, 0.05) is 31.3 Å². The van der Waals surface area contributed by atoms with Crippen LogP contribution in [0.25, 0.3) is 11.3 Å². The SMILES string of the molecule is O=C(COc1ccc2c(c1)CCn1c-2cc(OC(C2=CC=CCC2)C2=COC=CO2)nc1=O)N1CCOCC1. The first-order valence-corrected chi connectivity index (χ1v) is 13.1. The Morgan fingerprint density at radius 2 is 2.00 bits per heavy atom. The van der Waals surface area contributed by atoms with Crippen LogP contribution in [0.4, 0.5) is 0 Å². The molecular weight excluding hydrogens is 502 g/mol. The number of carbonyl (C=O) groups is 1. The second-order valence-corrected chi connectivity index (χ2v) is 9.52. The van der Waals surface area contributed by atoms with Gasteiger partial charge < -0.3 is 28.6 Å². The Kier molecular flexibility index (Phi) is 7.18. The largest absolute Gasteiger partial charge is 0.484 e. The molecule has 39 heavy (non-hydrogen) atoms. The molecule has 1 aliphatic carbocycles. The molecule has 1 fully saturated rings. The Hall–Kier alpha value is -4.31. The molecule has 0 bridgehead atoms. The van der Waals surface area contributed by atoms with Crippen molar-refractivity contribution in [2.45, 2.75) is 31.9 Å². The van der Waals surface area contributed by atoms with E-state index >= 15 is 0 Å². The van der Waals surface area contributed by atoms with Gasteiger partial charge in [-0.05, 0) is 48.6 Å². The van der Waals surface area contributed by atoms with Gasteiger partial charge in [0.1, 0.15) is 24.5 Å². The molecule has 1 aromatic carbocycles. The maximum Gasteiger partial charge on any atom is 0.351 e. The highest BCUT2D eigenvalue weighted by molar-refractivity contribution is 5.78. The maximum atomic E-state index is 13.0. The zero-order chi connectivity index (χ0) is 26.6. The third kappa shape index (κ3) is 5.46. The molecule has 3 aliphatic heterocycles. The fraction of sp³-hybridized carbons (Fsp3) is 0.345. The smallest absolute Gasteiger partial charge is 0.351 e. The second kappa shape index (κ2) is 11.2. The van der Waals surface area contributed by atoms with Gasteiger partial charge in [0.2, 0.25) is 5.88 Å². The van der Waals surface area contributed by atoms with Gasteiger partial charge in [0.05, 0.1) is 18.9 Å². The van der Waals surface area contributed by atoms with Gasteiger partial charge in [0.25, 0.3) is 5.91 Å². The van der Waals surface area contributed by atoms with Crippen LogP contribution in [0.2, 0.25) is 0 Å². The first-order valence-electron chi connectivity index (χ1n) is 13.1. The second-order valence-electron chi connectivity index (χ2n) is 9.52. The number of ether oxygens (including phenoxy) is 5. The van der Waals surface area contributed by atoms with Crippen LogP contribution in [-0.4, -0.2) is 59.4 Å². The first kappa shape index (κ1) is 25.0. The van der Waals surface area contributed by atoms with E-state index < -0.39 is 6.10 Å². The minimum absolute atomic E-state index is 0.0278. The molecule has 1 saturated heterocycles. The van der Waals surface area contributed by atoms with Crippen molar-refractivity contribution in [1.29, 1.82) is 0 Å². The molecule has 10 heteroatoms. The van der Waals surface area contributed by atoms with E-state index in [-0.39, 0.29) is 24.1 Å². The third-order valence-corrected chi connectivity index (χ3v) is 7.07. The molecule has 0 radical (unpaired) electrons. The lowest BCUT2D eigenvalue weighted by Gasteiger charge is -2.27. The Balaban J connectivity index is 1.23. The van der Waals surface area contributed by atoms with Gasteiger partial charge in [-0.15, -0.1) is 0 Å². The topological polar surface area (TPSA) is 101 Å². The van der Waals surface area contributed by atoms with Gasteiger partial charge in [-0.3, -0.25) is 9.36 Å². The van der Waals surface area contributed by atoms with E-state index in [1.807, 2.05) is 30.4 Å². The average molecular weight is 532 g/mol. The maximum absolute atomic E-state index is 13.0. The molecule has 0 saturated carbocycles. The zero-order valence-corrected chi connectivity index (χ0v) is 21.4. The summed E-state index contributed by atoms with van der Waals surface area (Å²) in [6, 6.07) is 7.45. The summed E-state index contributed by atoms with van der Waals surface area (Å²) in [7, 11) is 0. The van der Waals surface area contributed by atoms with Crippen molar-refractivity contribution in [3.63, 3.8) is 0 Å². The Morgan fingerprint density at radius 1 is 1.10 bits per heavy atom. The van der Waals surface area contributed by atoms with E-state index in [9.17, 15) is 9.59 Å².